The summed E-state index contributed by atoms with van der Waals surface area (Å²) in [5, 5.41) is 0. The van der Waals surface area contributed by atoms with Gasteiger partial charge in [0, 0.05) is 16.6 Å². The first-order valence-corrected chi connectivity index (χ1v) is 5.03. The van der Waals surface area contributed by atoms with E-state index in [1.54, 1.807) is 6.92 Å². The van der Waals surface area contributed by atoms with Crippen LogP contribution < -0.4 is 0 Å². The molecule has 0 saturated carbocycles. The molecule has 3 aromatic heterocycles. The van der Waals surface area contributed by atoms with Gasteiger partial charge in [-0.25, -0.2) is 0 Å². The lowest BCUT2D eigenvalue weighted by Gasteiger charge is -1.97. The monoisotopic (exact) mass is 197 g/mol. The number of hydrogen-bond acceptors (Lipinski definition) is 1. The Balaban J connectivity index is 2.65. The Kier molecular flexibility index (Phi) is 1.47. The maximum absolute atomic E-state index is 11.6. The van der Waals surface area contributed by atoms with Crippen LogP contribution in [0.2, 0.25) is 0 Å². The van der Waals surface area contributed by atoms with Crippen LogP contribution in [0.3, 0.4) is 0 Å². The minimum Gasteiger partial charge on any atom is -0.309 e. The number of rotatable bonds is 1. The SMILES string of the molecule is CC(=O)c1c(C)c2ccc3cccc1n32. The third-order valence-corrected chi connectivity index (χ3v) is 3.04. The molecule has 0 unspecified atom stereocenters. The van der Waals surface area contributed by atoms with Gasteiger partial charge in [0.25, 0.3) is 0 Å². The molecule has 0 aliphatic heterocycles. The van der Waals surface area contributed by atoms with Gasteiger partial charge < -0.3 is 4.40 Å². The van der Waals surface area contributed by atoms with E-state index in [1.807, 2.05) is 19.1 Å². The fourth-order valence-corrected chi connectivity index (χ4v) is 2.42. The van der Waals surface area contributed by atoms with Crippen molar-refractivity contribution in [1.29, 1.82) is 0 Å². The smallest absolute Gasteiger partial charge is 0.162 e. The third-order valence-electron chi connectivity index (χ3n) is 3.04. The molecule has 0 bridgehead atoms. The van der Waals surface area contributed by atoms with Crippen molar-refractivity contribution < 1.29 is 4.79 Å². The van der Waals surface area contributed by atoms with Gasteiger partial charge in [0.1, 0.15) is 0 Å². The van der Waals surface area contributed by atoms with Crippen LogP contribution in [0, 0.1) is 6.92 Å². The van der Waals surface area contributed by atoms with Crippen LogP contribution in [0.4, 0.5) is 0 Å². The van der Waals surface area contributed by atoms with E-state index in [0.717, 1.165) is 27.7 Å². The van der Waals surface area contributed by atoms with Crippen molar-refractivity contribution in [2.24, 2.45) is 0 Å². The molecule has 74 valence electrons. The molecule has 0 N–H and O–H groups in total. The molecule has 0 aliphatic carbocycles. The molecule has 3 heterocycles. The average molecular weight is 197 g/mol. The quantitative estimate of drug-likeness (QED) is 0.549. The van der Waals surface area contributed by atoms with Crippen molar-refractivity contribution >= 4 is 22.3 Å². The Morgan fingerprint density at radius 3 is 2.67 bits per heavy atom. The summed E-state index contributed by atoms with van der Waals surface area (Å²) in [5.41, 5.74) is 5.27. The summed E-state index contributed by atoms with van der Waals surface area (Å²) >= 11 is 0. The van der Waals surface area contributed by atoms with E-state index in [-0.39, 0.29) is 5.78 Å². The maximum atomic E-state index is 11.6. The van der Waals surface area contributed by atoms with Crippen molar-refractivity contribution in [2.45, 2.75) is 13.8 Å². The van der Waals surface area contributed by atoms with Crippen LogP contribution >= 0.6 is 0 Å². The molecule has 0 aromatic carbocycles. The molecule has 0 spiro atoms. The number of aromatic nitrogens is 1. The maximum Gasteiger partial charge on any atom is 0.162 e. The predicted molar refractivity (Wildman–Crippen MR) is 60.8 cm³/mol. The molecular formula is C13H11NO. The van der Waals surface area contributed by atoms with Crippen LogP contribution in [0.15, 0.2) is 30.3 Å². The van der Waals surface area contributed by atoms with Crippen LogP contribution in [-0.2, 0) is 0 Å². The highest BCUT2D eigenvalue weighted by molar-refractivity contribution is 6.06. The molecular weight excluding hydrogens is 186 g/mol. The minimum absolute atomic E-state index is 0.142. The number of Topliss-reactive ketones (excluding diaryl/α,β-unsaturated/α-hetero) is 1. The third kappa shape index (κ3) is 0.911. The van der Waals surface area contributed by atoms with Crippen LogP contribution in [-0.4, -0.2) is 10.2 Å². The Morgan fingerprint density at radius 1 is 1.13 bits per heavy atom. The first kappa shape index (κ1) is 8.48. The van der Waals surface area contributed by atoms with Gasteiger partial charge >= 0.3 is 0 Å². The van der Waals surface area contributed by atoms with Crippen molar-refractivity contribution in [1.82, 2.24) is 4.40 Å². The standard InChI is InChI=1S/C13H11NO/c1-8-11-7-6-10-4-3-5-12(14(10)11)13(8)9(2)15/h3-7H,1-2H3. The Bertz CT molecular complexity index is 663. The second-order valence-electron chi connectivity index (χ2n) is 3.95. The number of aryl methyl sites for hydroxylation is 1. The number of carbonyl (C=O) groups excluding carboxylic acids is 1. The first-order valence-electron chi connectivity index (χ1n) is 5.03. The Morgan fingerprint density at radius 2 is 1.93 bits per heavy atom. The van der Waals surface area contributed by atoms with E-state index < -0.39 is 0 Å². The summed E-state index contributed by atoms with van der Waals surface area (Å²) in [7, 11) is 0. The molecule has 0 fully saturated rings. The van der Waals surface area contributed by atoms with Crippen molar-refractivity contribution in [3.63, 3.8) is 0 Å². The number of pyridine rings is 1. The molecule has 0 saturated heterocycles. The zero-order valence-corrected chi connectivity index (χ0v) is 8.74. The van der Waals surface area contributed by atoms with Crippen LogP contribution in [0.25, 0.3) is 16.6 Å². The summed E-state index contributed by atoms with van der Waals surface area (Å²) in [6, 6.07) is 10.2. The lowest BCUT2D eigenvalue weighted by molar-refractivity contribution is 0.101. The summed E-state index contributed by atoms with van der Waals surface area (Å²) < 4.78 is 2.14. The van der Waals surface area contributed by atoms with E-state index in [0.29, 0.717) is 0 Å². The molecule has 0 amide bonds. The van der Waals surface area contributed by atoms with Crippen LogP contribution in [0.5, 0.6) is 0 Å². The second-order valence-corrected chi connectivity index (χ2v) is 3.95. The first-order chi connectivity index (χ1) is 7.20. The molecule has 3 rings (SSSR count). The van der Waals surface area contributed by atoms with Gasteiger partial charge in [0.2, 0.25) is 0 Å². The molecule has 2 nitrogen and oxygen atoms in total. The molecule has 15 heavy (non-hydrogen) atoms. The minimum atomic E-state index is 0.142. The number of nitrogens with zero attached hydrogens (tertiary/aromatic N) is 1. The zero-order valence-electron chi connectivity index (χ0n) is 8.74. The van der Waals surface area contributed by atoms with E-state index in [1.165, 1.54) is 0 Å². The largest absolute Gasteiger partial charge is 0.309 e. The van der Waals surface area contributed by atoms with Crippen molar-refractivity contribution in [2.75, 3.05) is 0 Å². The average Bonchev–Trinajstić information content (AvgIpc) is 2.72. The van der Waals surface area contributed by atoms with Gasteiger partial charge in [0.05, 0.1) is 5.52 Å². The highest BCUT2D eigenvalue weighted by Gasteiger charge is 2.16. The summed E-state index contributed by atoms with van der Waals surface area (Å²) in [4.78, 5) is 11.6. The highest BCUT2D eigenvalue weighted by Crippen LogP contribution is 2.28. The van der Waals surface area contributed by atoms with E-state index in [9.17, 15) is 4.79 Å². The number of carbonyl (C=O) groups is 1. The molecule has 3 aromatic rings. The Hall–Kier alpha value is -1.83. The summed E-state index contributed by atoms with van der Waals surface area (Å²) in [5.74, 6) is 0.142. The number of ketones is 1. The fourth-order valence-electron chi connectivity index (χ4n) is 2.42. The van der Waals surface area contributed by atoms with Gasteiger partial charge in [-0.05, 0) is 43.7 Å². The highest BCUT2D eigenvalue weighted by atomic mass is 16.1. The van der Waals surface area contributed by atoms with Crippen LogP contribution in [0.1, 0.15) is 22.8 Å². The van der Waals surface area contributed by atoms with Gasteiger partial charge in [-0.1, -0.05) is 6.07 Å². The second kappa shape index (κ2) is 2.60. The molecule has 0 atom stereocenters. The lowest BCUT2D eigenvalue weighted by Crippen LogP contribution is -1.93. The lowest BCUT2D eigenvalue weighted by atomic mass is 10.1. The summed E-state index contributed by atoms with van der Waals surface area (Å²) in [6.07, 6.45) is 0. The van der Waals surface area contributed by atoms with Crippen molar-refractivity contribution in [3.05, 3.63) is 41.5 Å². The van der Waals surface area contributed by atoms with Gasteiger partial charge in [-0.3, -0.25) is 4.79 Å². The van der Waals surface area contributed by atoms with E-state index in [2.05, 4.69) is 22.6 Å². The predicted octanol–water partition coefficient (Wildman–Crippen LogP) is 3.04. The Labute approximate surface area is 87.5 Å². The number of hydrogen-bond donors (Lipinski definition) is 0. The van der Waals surface area contributed by atoms with Gasteiger partial charge in [0.15, 0.2) is 5.78 Å². The van der Waals surface area contributed by atoms with Gasteiger partial charge in [-0.2, -0.15) is 0 Å². The summed E-state index contributed by atoms with van der Waals surface area (Å²) in [6.45, 7) is 3.64. The normalized spacial score (nSPS) is 11.6. The molecule has 0 aliphatic rings. The molecule has 2 heteroatoms. The van der Waals surface area contributed by atoms with E-state index in [4.69, 9.17) is 0 Å². The fraction of sp³-hybridized carbons (Fsp3) is 0.154. The zero-order chi connectivity index (χ0) is 10.6. The van der Waals surface area contributed by atoms with Gasteiger partial charge in [-0.15, -0.1) is 0 Å². The topological polar surface area (TPSA) is 21.5 Å². The van der Waals surface area contributed by atoms with Crippen molar-refractivity contribution in [3.8, 4) is 0 Å². The van der Waals surface area contributed by atoms with E-state index >= 15 is 0 Å². The molecule has 0 radical (unpaired) electrons.